The lowest BCUT2D eigenvalue weighted by molar-refractivity contribution is 0.613. The minimum Gasteiger partial charge on any atom is -0.0991 e. The van der Waals surface area contributed by atoms with E-state index in [1.165, 1.54) is 70.6 Å². The van der Waals surface area contributed by atoms with Crippen molar-refractivity contribution >= 4 is 0 Å². The molecular weight excluding hydrogens is 204 g/mol. The third-order valence-electron chi connectivity index (χ3n) is 3.06. The monoisotopic (exact) mass is 235 g/mol. The van der Waals surface area contributed by atoms with Crippen molar-refractivity contribution in [1.29, 1.82) is 0 Å². The number of hydrogen-bond donors (Lipinski definition) is 0. The van der Waals surface area contributed by atoms with Crippen LogP contribution in [0.1, 0.15) is 77.6 Å². The van der Waals surface area contributed by atoms with Crippen LogP contribution in [0.5, 0.6) is 0 Å². The van der Waals surface area contributed by atoms with Crippen LogP contribution >= 0.6 is 0 Å². The minimum atomic E-state index is 1.22. The van der Waals surface area contributed by atoms with Gasteiger partial charge in [0.1, 0.15) is 0 Å². The van der Waals surface area contributed by atoms with Gasteiger partial charge in [0.25, 0.3) is 0 Å². The maximum Gasteiger partial charge on any atom is -0.0348 e. The van der Waals surface area contributed by atoms with Crippen molar-refractivity contribution in [3.8, 4) is 0 Å². The smallest absolute Gasteiger partial charge is 0.0348 e. The van der Waals surface area contributed by atoms with E-state index in [0.717, 1.165) is 0 Å². The maximum atomic E-state index is 3.66. The lowest BCUT2D eigenvalue weighted by Gasteiger charge is -2.01. The standard InChI is InChI=1S/C17H31/c1-3-5-7-9-11-13-15-17-16-14-12-10-8-6-4-2/h3,5,7,14H,1,4,6,8-13,15-17H2,2H3/b7-5+. The van der Waals surface area contributed by atoms with Gasteiger partial charge in [0.15, 0.2) is 0 Å². The van der Waals surface area contributed by atoms with Crippen molar-refractivity contribution in [2.24, 2.45) is 0 Å². The molecule has 0 bridgehead atoms. The highest BCUT2D eigenvalue weighted by Gasteiger charge is 1.92. The summed E-state index contributed by atoms with van der Waals surface area (Å²) in [6, 6.07) is 0. The van der Waals surface area contributed by atoms with Crippen LogP contribution in [0.4, 0.5) is 0 Å². The average Bonchev–Trinajstić information content (AvgIpc) is 2.35. The Kier molecular flexibility index (Phi) is 15.0. The zero-order valence-corrected chi connectivity index (χ0v) is 11.8. The van der Waals surface area contributed by atoms with E-state index in [2.05, 4.69) is 26.0 Å². The third kappa shape index (κ3) is 15.5. The SMILES string of the molecule is C=C/C=C/CCCCCC[CH]CCCCCC. The van der Waals surface area contributed by atoms with E-state index in [-0.39, 0.29) is 0 Å². The second kappa shape index (κ2) is 15.5. The largest absolute Gasteiger partial charge is 0.0991 e. The molecule has 0 saturated carbocycles. The third-order valence-corrected chi connectivity index (χ3v) is 3.06. The molecule has 0 aliphatic carbocycles. The Bertz CT molecular complexity index is 167. The van der Waals surface area contributed by atoms with Gasteiger partial charge in [-0.05, 0) is 19.3 Å². The van der Waals surface area contributed by atoms with Crippen LogP contribution in [0.3, 0.4) is 0 Å². The highest BCUT2D eigenvalue weighted by molar-refractivity contribution is 4.96. The van der Waals surface area contributed by atoms with E-state index in [1.807, 2.05) is 12.2 Å². The summed E-state index contributed by atoms with van der Waals surface area (Å²) in [5.74, 6) is 0. The molecule has 0 spiro atoms. The first-order valence-electron chi connectivity index (χ1n) is 7.51. The lowest BCUT2D eigenvalue weighted by Crippen LogP contribution is -1.82. The summed E-state index contributed by atoms with van der Waals surface area (Å²) in [6.45, 7) is 5.94. The molecule has 0 aliphatic rings. The summed E-state index contributed by atoms with van der Waals surface area (Å²) in [6.07, 6.45) is 23.6. The zero-order chi connectivity index (χ0) is 12.6. The Hall–Kier alpha value is -0.520. The molecule has 0 heteroatoms. The van der Waals surface area contributed by atoms with Crippen LogP contribution in [-0.2, 0) is 0 Å². The van der Waals surface area contributed by atoms with Crippen molar-refractivity contribution in [3.05, 3.63) is 31.2 Å². The van der Waals surface area contributed by atoms with Gasteiger partial charge in [-0.2, -0.15) is 0 Å². The first-order valence-corrected chi connectivity index (χ1v) is 7.51. The molecule has 0 heterocycles. The Labute approximate surface area is 109 Å². The Morgan fingerprint density at radius 1 is 0.765 bits per heavy atom. The fraction of sp³-hybridized carbons (Fsp3) is 0.706. The number of unbranched alkanes of at least 4 members (excludes halogenated alkanes) is 11. The Balaban J connectivity index is 2.93. The predicted octanol–water partition coefficient (Wildman–Crippen LogP) is 6.24. The van der Waals surface area contributed by atoms with Gasteiger partial charge < -0.3 is 0 Å². The van der Waals surface area contributed by atoms with Crippen molar-refractivity contribution in [2.45, 2.75) is 77.6 Å². The van der Waals surface area contributed by atoms with E-state index in [9.17, 15) is 0 Å². The van der Waals surface area contributed by atoms with Gasteiger partial charge in [-0.15, -0.1) is 0 Å². The number of allylic oxidation sites excluding steroid dienone is 3. The molecule has 99 valence electrons. The minimum absolute atomic E-state index is 1.22. The summed E-state index contributed by atoms with van der Waals surface area (Å²) in [4.78, 5) is 0. The van der Waals surface area contributed by atoms with Crippen molar-refractivity contribution in [1.82, 2.24) is 0 Å². The van der Waals surface area contributed by atoms with E-state index in [0.29, 0.717) is 0 Å². The zero-order valence-electron chi connectivity index (χ0n) is 11.8. The van der Waals surface area contributed by atoms with Gasteiger partial charge in [0.2, 0.25) is 0 Å². The molecule has 0 nitrogen and oxygen atoms in total. The molecule has 17 heavy (non-hydrogen) atoms. The molecule has 0 unspecified atom stereocenters. The topological polar surface area (TPSA) is 0 Å². The van der Waals surface area contributed by atoms with E-state index in [1.54, 1.807) is 0 Å². The molecular formula is C17H31. The highest BCUT2D eigenvalue weighted by Crippen LogP contribution is 2.11. The molecule has 0 aliphatic heterocycles. The summed E-state index contributed by atoms with van der Waals surface area (Å²) >= 11 is 0. The molecule has 0 aromatic carbocycles. The van der Waals surface area contributed by atoms with Crippen LogP contribution in [-0.4, -0.2) is 0 Å². The lowest BCUT2D eigenvalue weighted by atomic mass is 10.1. The van der Waals surface area contributed by atoms with Crippen LogP contribution in [0.15, 0.2) is 24.8 Å². The summed E-state index contributed by atoms with van der Waals surface area (Å²) < 4.78 is 0. The van der Waals surface area contributed by atoms with Gasteiger partial charge >= 0.3 is 0 Å². The normalized spacial score (nSPS) is 11.1. The molecule has 1 radical (unpaired) electrons. The molecule has 0 aromatic rings. The van der Waals surface area contributed by atoms with Crippen molar-refractivity contribution in [3.63, 3.8) is 0 Å². The second-order valence-corrected chi connectivity index (χ2v) is 4.79. The van der Waals surface area contributed by atoms with Crippen molar-refractivity contribution < 1.29 is 0 Å². The summed E-state index contributed by atoms with van der Waals surface area (Å²) in [7, 11) is 0. The van der Waals surface area contributed by atoms with Crippen LogP contribution in [0.25, 0.3) is 0 Å². The van der Waals surface area contributed by atoms with Gasteiger partial charge in [-0.3, -0.25) is 0 Å². The first kappa shape index (κ1) is 16.5. The molecule has 0 atom stereocenters. The van der Waals surface area contributed by atoms with Crippen LogP contribution in [0, 0.1) is 6.42 Å². The molecule has 0 fully saturated rings. The first-order chi connectivity index (χ1) is 8.41. The van der Waals surface area contributed by atoms with Gasteiger partial charge in [-0.25, -0.2) is 0 Å². The maximum absolute atomic E-state index is 3.66. The molecule has 0 aromatic heterocycles. The number of hydrogen-bond acceptors (Lipinski definition) is 0. The Morgan fingerprint density at radius 3 is 1.94 bits per heavy atom. The summed E-state index contributed by atoms with van der Waals surface area (Å²) in [5, 5.41) is 0. The van der Waals surface area contributed by atoms with Gasteiger partial charge in [0.05, 0.1) is 0 Å². The van der Waals surface area contributed by atoms with Gasteiger partial charge in [0, 0.05) is 0 Å². The van der Waals surface area contributed by atoms with Crippen LogP contribution in [0.2, 0.25) is 0 Å². The van der Waals surface area contributed by atoms with Gasteiger partial charge in [-0.1, -0.05) is 89.5 Å². The van der Waals surface area contributed by atoms with Crippen LogP contribution < -0.4 is 0 Å². The second-order valence-electron chi connectivity index (χ2n) is 4.79. The molecule has 0 rings (SSSR count). The molecule has 0 amide bonds. The average molecular weight is 235 g/mol. The van der Waals surface area contributed by atoms with E-state index < -0.39 is 0 Å². The Morgan fingerprint density at radius 2 is 1.35 bits per heavy atom. The fourth-order valence-corrected chi connectivity index (χ4v) is 1.96. The number of rotatable bonds is 13. The fourth-order valence-electron chi connectivity index (χ4n) is 1.96. The van der Waals surface area contributed by atoms with E-state index in [4.69, 9.17) is 0 Å². The molecule has 0 saturated heterocycles. The molecule has 0 N–H and O–H groups in total. The predicted molar refractivity (Wildman–Crippen MR) is 80.1 cm³/mol. The quantitative estimate of drug-likeness (QED) is 0.262. The van der Waals surface area contributed by atoms with E-state index >= 15 is 0 Å². The summed E-state index contributed by atoms with van der Waals surface area (Å²) in [5.41, 5.74) is 0. The highest BCUT2D eigenvalue weighted by atomic mass is 14.0. The van der Waals surface area contributed by atoms with Crippen molar-refractivity contribution in [2.75, 3.05) is 0 Å².